The van der Waals surface area contributed by atoms with Crippen molar-refractivity contribution in [2.24, 2.45) is 0 Å². The molecule has 15 heavy (non-hydrogen) atoms. The van der Waals surface area contributed by atoms with Crippen LogP contribution < -0.4 is 0 Å². The Morgan fingerprint density at radius 2 is 2.33 bits per heavy atom. The van der Waals surface area contributed by atoms with E-state index in [9.17, 15) is 5.11 Å². The topological polar surface area (TPSA) is 38.7 Å². The van der Waals surface area contributed by atoms with E-state index in [0.717, 1.165) is 45.5 Å². The fraction of sp³-hybridized carbons (Fsp3) is 1.00. The van der Waals surface area contributed by atoms with Gasteiger partial charge in [0, 0.05) is 19.8 Å². The highest BCUT2D eigenvalue weighted by molar-refractivity contribution is 4.67. The van der Waals surface area contributed by atoms with E-state index in [0.29, 0.717) is 6.10 Å². The number of hydrogen-bond donors (Lipinski definition) is 1. The van der Waals surface area contributed by atoms with E-state index < -0.39 is 0 Å². The smallest absolute Gasteiger partial charge is 0.0577 e. The standard InChI is InChI=1S/C12H24O3/c1-2-14-9-3-5-11(13)7-8-12-6-4-10-15-12/h11-13H,2-10H2,1H3. The second-order valence-electron chi connectivity index (χ2n) is 4.21. The first kappa shape index (κ1) is 12.9. The summed E-state index contributed by atoms with van der Waals surface area (Å²) >= 11 is 0. The van der Waals surface area contributed by atoms with Crippen LogP contribution in [-0.4, -0.2) is 37.1 Å². The molecular formula is C12H24O3. The minimum Gasteiger partial charge on any atom is -0.393 e. The summed E-state index contributed by atoms with van der Waals surface area (Å²) in [6.45, 7) is 4.44. The van der Waals surface area contributed by atoms with Crippen molar-refractivity contribution in [1.29, 1.82) is 0 Å². The summed E-state index contributed by atoms with van der Waals surface area (Å²) in [7, 11) is 0. The Balaban J connectivity index is 1.90. The summed E-state index contributed by atoms with van der Waals surface area (Å²) in [5.74, 6) is 0. The van der Waals surface area contributed by atoms with Gasteiger partial charge in [0.2, 0.25) is 0 Å². The van der Waals surface area contributed by atoms with Gasteiger partial charge in [0.15, 0.2) is 0 Å². The molecule has 1 N–H and O–H groups in total. The van der Waals surface area contributed by atoms with Gasteiger partial charge in [0.25, 0.3) is 0 Å². The summed E-state index contributed by atoms with van der Waals surface area (Å²) in [5, 5.41) is 9.70. The van der Waals surface area contributed by atoms with Crippen molar-refractivity contribution in [3.05, 3.63) is 0 Å². The van der Waals surface area contributed by atoms with Gasteiger partial charge in [-0.1, -0.05) is 0 Å². The van der Waals surface area contributed by atoms with Gasteiger partial charge < -0.3 is 14.6 Å². The molecule has 1 saturated heterocycles. The summed E-state index contributed by atoms with van der Waals surface area (Å²) in [6, 6.07) is 0. The predicted molar refractivity (Wildman–Crippen MR) is 59.9 cm³/mol. The Bertz CT molecular complexity index is 144. The third-order valence-corrected chi connectivity index (χ3v) is 2.88. The van der Waals surface area contributed by atoms with E-state index >= 15 is 0 Å². The van der Waals surface area contributed by atoms with Gasteiger partial charge in [0.05, 0.1) is 12.2 Å². The van der Waals surface area contributed by atoms with Crippen molar-refractivity contribution in [3.63, 3.8) is 0 Å². The lowest BCUT2D eigenvalue weighted by molar-refractivity contribution is 0.0726. The molecule has 0 amide bonds. The van der Waals surface area contributed by atoms with Gasteiger partial charge in [-0.25, -0.2) is 0 Å². The van der Waals surface area contributed by atoms with E-state index in [1.165, 1.54) is 12.8 Å². The maximum absolute atomic E-state index is 9.70. The van der Waals surface area contributed by atoms with Gasteiger partial charge >= 0.3 is 0 Å². The number of aliphatic hydroxyl groups is 1. The molecule has 0 bridgehead atoms. The number of ether oxygens (including phenoxy) is 2. The Kier molecular flexibility index (Phi) is 6.98. The molecular weight excluding hydrogens is 192 g/mol. The van der Waals surface area contributed by atoms with E-state index in [1.54, 1.807) is 0 Å². The highest BCUT2D eigenvalue weighted by Crippen LogP contribution is 2.18. The Hall–Kier alpha value is -0.120. The van der Waals surface area contributed by atoms with Crippen LogP contribution in [0, 0.1) is 0 Å². The van der Waals surface area contributed by atoms with Crippen LogP contribution in [0.25, 0.3) is 0 Å². The molecule has 1 fully saturated rings. The fourth-order valence-corrected chi connectivity index (χ4v) is 1.96. The van der Waals surface area contributed by atoms with Crippen molar-refractivity contribution in [2.45, 2.75) is 57.7 Å². The number of rotatable bonds is 8. The van der Waals surface area contributed by atoms with Gasteiger partial charge in [-0.15, -0.1) is 0 Å². The molecule has 1 aliphatic rings. The van der Waals surface area contributed by atoms with Crippen LogP contribution in [0.3, 0.4) is 0 Å². The summed E-state index contributed by atoms with van der Waals surface area (Å²) in [5.41, 5.74) is 0. The van der Waals surface area contributed by atoms with Crippen LogP contribution in [-0.2, 0) is 9.47 Å². The lowest BCUT2D eigenvalue weighted by atomic mass is 10.0. The van der Waals surface area contributed by atoms with Crippen molar-refractivity contribution >= 4 is 0 Å². The normalized spacial score (nSPS) is 23.2. The molecule has 90 valence electrons. The monoisotopic (exact) mass is 216 g/mol. The highest BCUT2D eigenvalue weighted by Gasteiger charge is 2.16. The maximum Gasteiger partial charge on any atom is 0.0577 e. The molecule has 3 nitrogen and oxygen atoms in total. The van der Waals surface area contributed by atoms with Gasteiger partial charge in [-0.2, -0.15) is 0 Å². The minimum atomic E-state index is -0.172. The quantitative estimate of drug-likeness (QED) is 0.632. The fourth-order valence-electron chi connectivity index (χ4n) is 1.96. The maximum atomic E-state index is 9.70. The summed E-state index contributed by atoms with van der Waals surface area (Å²) < 4.78 is 10.7. The highest BCUT2D eigenvalue weighted by atomic mass is 16.5. The predicted octanol–water partition coefficient (Wildman–Crippen LogP) is 2.12. The molecule has 1 aliphatic heterocycles. The summed E-state index contributed by atoms with van der Waals surface area (Å²) in [4.78, 5) is 0. The van der Waals surface area contributed by atoms with Gasteiger partial charge in [-0.3, -0.25) is 0 Å². The molecule has 1 rings (SSSR count). The first-order valence-corrected chi connectivity index (χ1v) is 6.20. The van der Waals surface area contributed by atoms with Gasteiger partial charge in [0.1, 0.15) is 0 Å². The zero-order valence-corrected chi connectivity index (χ0v) is 9.78. The number of aliphatic hydroxyl groups excluding tert-OH is 1. The van der Waals surface area contributed by atoms with E-state index in [-0.39, 0.29) is 6.10 Å². The lowest BCUT2D eigenvalue weighted by Crippen LogP contribution is -2.13. The van der Waals surface area contributed by atoms with Crippen LogP contribution in [0.5, 0.6) is 0 Å². The molecule has 2 atom stereocenters. The average molecular weight is 216 g/mol. The second-order valence-corrected chi connectivity index (χ2v) is 4.21. The Morgan fingerprint density at radius 3 is 3.00 bits per heavy atom. The van der Waals surface area contributed by atoms with Crippen LogP contribution >= 0.6 is 0 Å². The van der Waals surface area contributed by atoms with Crippen molar-refractivity contribution in [3.8, 4) is 0 Å². The van der Waals surface area contributed by atoms with Crippen LogP contribution in [0.4, 0.5) is 0 Å². The van der Waals surface area contributed by atoms with Crippen molar-refractivity contribution in [2.75, 3.05) is 19.8 Å². The molecule has 0 aromatic carbocycles. The molecule has 0 aliphatic carbocycles. The first-order chi connectivity index (χ1) is 7.33. The molecule has 1 heterocycles. The zero-order valence-electron chi connectivity index (χ0n) is 9.78. The molecule has 2 unspecified atom stereocenters. The molecule has 3 heteroatoms. The second kappa shape index (κ2) is 8.08. The van der Waals surface area contributed by atoms with Crippen molar-refractivity contribution in [1.82, 2.24) is 0 Å². The van der Waals surface area contributed by atoms with Crippen LogP contribution in [0.15, 0.2) is 0 Å². The Morgan fingerprint density at radius 1 is 1.47 bits per heavy atom. The molecule has 0 aromatic heterocycles. The van der Waals surface area contributed by atoms with E-state index in [4.69, 9.17) is 9.47 Å². The minimum absolute atomic E-state index is 0.172. The zero-order chi connectivity index (χ0) is 10.9. The average Bonchev–Trinajstić information content (AvgIpc) is 2.74. The van der Waals surface area contributed by atoms with Crippen LogP contribution in [0.2, 0.25) is 0 Å². The van der Waals surface area contributed by atoms with Crippen LogP contribution in [0.1, 0.15) is 45.4 Å². The third kappa shape index (κ3) is 6.13. The SMILES string of the molecule is CCOCCCC(O)CCC1CCCO1. The largest absolute Gasteiger partial charge is 0.393 e. The van der Waals surface area contributed by atoms with E-state index in [1.807, 2.05) is 6.92 Å². The third-order valence-electron chi connectivity index (χ3n) is 2.88. The Labute approximate surface area is 92.8 Å². The number of hydrogen-bond acceptors (Lipinski definition) is 3. The summed E-state index contributed by atoms with van der Waals surface area (Å²) in [6.07, 6.45) is 6.29. The molecule has 0 radical (unpaired) electrons. The molecule has 0 aromatic rings. The van der Waals surface area contributed by atoms with Crippen molar-refractivity contribution < 1.29 is 14.6 Å². The van der Waals surface area contributed by atoms with Gasteiger partial charge in [-0.05, 0) is 45.4 Å². The van der Waals surface area contributed by atoms with E-state index in [2.05, 4.69) is 0 Å². The molecule has 0 saturated carbocycles. The first-order valence-electron chi connectivity index (χ1n) is 6.20. The molecule has 0 spiro atoms. The lowest BCUT2D eigenvalue weighted by Gasteiger charge is -2.13.